The average Bonchev–Trinajstić information content (AvgIpc) is 2.60. The van der Waals surface area contributed by atoms with Crippen molar-refractivity contribution in [3.8, 4) is 5.75 Å². The van der Waals surface area contributed by atoms with Gasteiger partial charge in [-0.1, -0.05) is 0 Å². The van der Waals surface area contributed by atoms with E-state index in [0.717, 1.165) is 28.0 Å². The monoisotopic (exact) mass is 342 g/mol. The second-order valence-electron chi connectivity index (χ2n) is 4.24. The highest BCUT2D eigenvalue weighted by Gasteiger charge is 2.12. The maximum absolute atomic E-state index is 13.3. The number of benzene rings is 1. The van der Waals surface area contributed by atoms with Crippen LogP contribution in [-0.2, 0) is 13.7 Å². The van der Waals surface area contributed by atoms with Crippen LogP contribution in [0.4, 0.5) is 4.39 Å². The summed E-state index contributed by atoms with van der Waals surface area (Å²) in [5.74, 6) is -1.69. The van der Waals surface area contributed by atoms with Gasteiger partial charge in [0, 0.05) is 13.1 Å². The summed E-state index contributed by atoms with van der Waals surface area (Å²) < 4.78 is 21.2. The Morgan fingerprint density at radius 2 is 2.20 bits per heavy atom. The van der Waals surface area contributed by atoms with Crippen molar-refractivity contribution in [3.63, 3.8) is 0 Å². The fourth-order valence-electron chi connectivity index (χ4n) is 1.76. The molecular formula is C13H12BrFN2O3. The number of carboxylic acid groups (broad SMARTS) is 1. The summed E-state index contributed by atoms with van der Waals surface area (Å²) in [6, 6.07) is 3.37. The number of aromatic carboxylic acids is 1. The molecule has 0 unspecified atom stereocenters. The number of aromatic nitrogens is 2. The Kier molecular flexibility index (Phi) is 4.08. The van der Waals surface area contributed by atoms with Gasteiger partial charge in [-0.25, -0.2) is 9.18 Å². The molecule has 0 bridgehead atoms. The van der Waals surface area contributed by atoms with Crippen molar-refractivity contribution >= 4 is 21.9 Å². The zero-order valence-corrected chi connectivity index (χ0v) is 12.4. The van der Waals surface area contributed by atoms with Crippen LogP contribution in [0.1, 0.15) is 21.7 Å². The summed E-state index contributed by atoms with van der Waals surface area (Å²) in [6.07, 6.45) is 0. The summed E-state index contributed by atoms with van der Waals surface area (Å²) in [5, 5.41) is 13.1. The second-order valence-corrected chi connectivity index (χ2v) is 5.03. The van der Waals surface area contributed by atoms with Crippen LogP contribution in [0.2, 0.25) is 0 Å². The number of hydrogen-bond donors (Lipinski definition) is 1. The summed E-state index contributed by atoms with van der Waals surface area (Å²) >= 11 is 3.40. The zero-order chi connectivity index (χ0) is 14.9. The molecule has 106 valence electrons. The molecule has 0 aliphatic rings. The summed E-state index contributed by atoms with van der Waals surface area (Å²) in [7, 11) is 1.77. The molecule has 0 aliphatic heterocycles. The Bertz CT molecular complexity index is 670. The lowest BCUT2D eigenvalue weighted by atomic mass is 10.2. The van der Waals surface area contributed by atoms with E-state index in [4.69, 9.17) is 9.84 Å². The van der Waals surface area contributed by atoms with Gasteiger partial charge in [-0.3, -0.25) is 4.68 Å². The van der Waals surface area contributed by atoms with E-state index in [0.29, 0.717) is 0 Å². The van der Waals surface area contributed by atoms with Crippen LogP contribution in [0.25, 0.3) is 0 Å². The largest absolute Gasteiger partial charge is 0.487 e. The number of nitrogens with zero attached hydrogens (tertiary/aromatic N) is 2. The first-order chi connectivity index (χ1) is 9.38. The topological polar surface area (TPSA) is 64.4 Å². The summed E-state index contributed by atoms with van der Waals surface area (Å²) in [6.45, 7) is 2.00. The Labute approximate surface area is 123 Å². The lowest BCUT2D eigenvalue weighted by molar-refractivity contribution is 0.0695. The molecule has 2 rings (SSSR count). The van der Waals surface area contributed by atoms with Gasteiger partial charge >= 0.3 is 5.97 Å². The highest BCUT2D eigenvalue weighted by Crippen LogP contribution is 2.23. The molecule has 0 fully saturated rings. The molecule has 0 spiro atoms. The van der Waals surface area contributed by atoms with Crippen molar-refractivity contribution in [2.45, 2.75) is 13.5 Å². The third-order valence-corrected chi connectivity index (χ3v) is 3.79. The van der Waals surface area contributed by atoms with Gasteiger partial charge in [0.1, 0.15) is 18.2 Å². The zero-order valence-electron chi connectivity index (χ0n) is 10.9. The van der Waals surface area contributed by atoms with Crippen LogP contribution in [-0.4, -0.2) is 20.9 Å². The average molecular weight is 343 g/mol. The number of carboxylic acids is 1. The third kappa shape index (κ3) is 2.98. The minimum Gasteiger partial charge on any atom is -0.487 e. The number of rotatable bonds is 4. The van der Waals surface area contributed by atoms with Crippen molar-refractivity contribution < 1.29 is 19.0 Å². The van der Waals surface area contributed by atoms with Crippen LogP contribution in [0.15, 0.2) is 22.7 Å². The van der Waals surface area contributed by atoms with E-state index in [1.807, 2.05) is 6.92 Å². The predicted octanol–water partition coefficient (Wildman–Crippen LogP) is 2.91. The lowest BCUT2D eigenvalue weighted by Gasteiger charge is -2.08. The molecule has 0 atom stereocenters. The van der Waals surface area contributed by atoms with Gasteiger partial charge in [-0.15, -0.1) is 0 Å². The molecule has 1 aromatic heterocycles. The first kappa shape index (κ1) is 14.5. The maximum Gasteiger partial charge on any atom is 0.335 e. The van der Waals surface area contributed by atoms with Crippen molar-refractivity contribution in [1.29, 1.82) is 0 Å². The normalized spacial score (nSPS) is 10.6. The minimum absolute atomic E-state index is 0.153. The molecule has 1 heterocycles. The molecule has 7 heteroatoms. The molecule has 0 saturated heterocycles. The van der Waals surface area contributed by atoms with Gasteiger partial charge in [0.25, 0.3) is 0 Å². The highest BCUT2D eigenvalue weighted by molar-refractivity contribution is 9.10. The quantitative estimate of drug-likeness (QED) is 0.927. The van der Waals surface area contributed by atoms with Crippen molar-refractivity contribution in [3.05, 3.63) is 45.4 Å². The van der Waals surface area contributed by atoms with E-state index in [1.165, 1.54) is 6.07 Å². The molecule has 0 amide bonds. The fourth-order valence-corrected chi connectivity index (χ4v) is 2.21. The number of hydrogen-bond acceptors (Lipinski definition) is 3. The first-order valence-electron chi connectivity index (χ1n) is 5.73. The van der Waals surface area contributed by atoms with Crippen LogP contribution in [0.3, 0.4) is 0 Å². The second kappa shape index (κ2) is 5.62. The maximum atomic E-state index is 13.3. The van der Waals surface area contributed by atoms with Gasteiger partial charge in [-0.05, 0) is 35.0 Å². The Morgan fingerprint density at radius 3 is 2.75 bits per heavy atom. The Hall–Kier alpha value is -1.89. The molecule has 1 aromatic carbocycles. The third-order valence-electron chi connectivity index (χ3n) is 2.76. The lowest BCUT2D eigenvalue weighted by Crippen LogP contribution is -2.05. The van der Waals surface area contributed by atoms with Crippen molar-refractivity contribution in [2.24, 2.45) is 7.05 Å². The van der Waals surface area contributed by atoms with Crippen LogP contribution in [0, 0.1) is 12.7 Å². The van der Waals surface area contributed by atoms with Crippen LogP contribution < -0.4 is 4.74 Å². The number of aryl methyl sites for hydroxylation is 2. The van der Waals surface area contributed by atoms with E-state index in [2.05, 4.69) is 21.0 Å². The Morgan fingerprint density at radius 1 is 1.50 bits per heavy atom. The molecule has 0 saturated carbocycles. The molecule has 0 aliphatic carbocycles. The molecule has 2 aromatic rings. The minimum atomic E-state index is -1.20. The Balaban J connectivity index is 2.21. The molecule has 20 heavy (non-hydrogen) atoms. The van der Waals surface area contributed by atoms with Crippen LogP contribution in [0.5, 0.6) is 5.75 Å². The van der Waals surface area contributed by atoms with Gasteiger partial charge in [0.05, 0.1) is 21.4 Å². The summed E-state index contributed by atoms with van der Waals surface area (Å²) in [4.78, 5) is 10.8. The van der Waals surface area contributed by atoms with E-state index in [-0.39, 0.29) is 17.9 Å². The van der Waals surface area contributed by atoms with Gasteiger partial charge < -0.3 is 9.84 Å². The highest BCUT2D eigenvalue weighted by atomic mass is 79.9. The molecule has 0 radical (unpaired) electrons. The molecule has 5 nitrogen and oxygen atoms in total. The molecule has 1 N–H and O–H groups in total. The van der Waals surface area contributed by atoms with Crippen molar-refractivity contribution in [2.75, 3.05) is 0 Å². The predicted molar refractivity (Wildman–Crippen MR) is 73.3 cm³/mol. The first-order valence-corrected chi connectivity index (χ1v) is 6.52. The standard InChI is InChI=1S/C13H12BrFN2O3/c1-7-12(14)11(17(2)16-7)6-20-10-4-8(13(18)19)3-9(15)5-10/h3-5H,6H2,1-2H3,(H,18,19). The number of ether oxygens (including phenoxy) is 1. The number of carbonyl (C=O) groups is 1. The van der Waals surface area contributed by atoms with Gasteiger partial charge in [-0.2, -0.15) is 5.10 Å². The van der Waals surface area contributed by atoms with E-state index >= 15 is 0 Å². The molecular weight excluding hydrogens is 331 g/mol. The van der Waals surface area contributed by atoms with Gasteiger partial charge in [0.15, 0.2) is 0 Å². The SMILES string of the molecule is Cc1nn(C)c(COc2cc(F)cc(C(=O)O)c2)c1Br. The van der Waals surface area contributed by atoms with E-state index in [9.17, 15) is 9.18 Å². The van der Waals surface area contributed by atoms with E-state index in [1.54, 1.807) is 11.7 Å². The van der Waals surface area contributed by atoms with E-state index < -0.39 is 11.8 Å². The smallest absolute Gasteiger partial charge is 0.335 e. The van der Waals surface area contributed by atoms with Crippen LogP contribution >= 0.6 is 15.9 Å². The summed E-state index contributed by atoms with van der Waals surface area (Å²) in [5.41, 5.74) is 1.44. The fraction of sp³-hybridized carbons (Fsp3) is 0.231. The van der Waals surface area contributed by atoms with Crippen molar-refractivity contribution in [1.82, 2.24) is 9.78 Å². The number of halogens is 2. The van der Waals surface area contributed by atoms with Gasteiger partial charge in [0.2, 0.25) is 0 Å².